The number of nitrogens with one attached hydrogen (secondary N) is 3. The monoisotopic (exact) mass is 387 g/mol. The summed E-state index contributed by atoms with van der Waals surface area (Å²) in [6.45, 7) is 0. The van der Waals surface area contributed by atoms with E-state index in [4.69, 9.17) is 17.3 Å². The molecule has 0 aliphatic rings. The zero-order chi connectivity index (χ0) is 17.4. The smallest absolute Gasteiger partial charge is 0.272 e. The number of H-pyrrole nitrogens is 2. The summed E-state index contributed by atoms with van der Waals surface area (Å²) < 4.78 is 0. The van der Waals surface area contributed by atoms with Crippen LogP contribution in [0.15, 0.2) is 54.7 Å². The van der Waals surface area contributed by atoms with Crippen LogP contribution in [0, 0.1) is 0 Å². The number of benzene rings is 2. The first-order valence-corrected chi connectivity index (χ1v) is 7.97. The van der Waals surface area contributed by atoms with E-state index >= 15 is 0 Å². The maximum Gasteiger partial charge on any atom is 0.272 e. The predicted molar refractivity (Wildman–Crippen MR) is 107 cm³/mol. The van der Waals surface area contributed by atoms with Gasteiger partial charge in [-0.05, 0) is 42.0 Å². The number of carbonyl (C=O) groups is 1. The molecule has 2 aromatic carbocycles. The van der Waals surface area contributed by atoms with Crippen LogP contribution in [0.25, 0.3) is 22.2 Å². The van der Waals surface area contributed by atoms with Crippen LogP contribution in [0.3, 0.4) is 0 Å². The lowest BCUT2D eigenvalue weighted by atomic mass is 10.1. The molecule has 0 radical (unpaired) electrons. The Labute approximate surface area is 160 Å². The quantitative estimate of drug-likeness (QED) is 0.417. The number of hydrogen-bond acceptors (Lipinski definition) is 3. The number of fused-ring (bicyclic) bond motifs is 1. The number of aromatic nitrogens is 3. The molecular formula is C18H15Cl2N5O. The van der Waals surface area contributed by atoms with Gasteiger partial charge in [0.25, 0.3) is 5.91 Å². The first-order chi connectivity index (χ1) is 12.1. The Kier molecular flexibility index (Phi) is 4.88. The van der Waals surface area contributed by atoms with Gasteiger partial charge in [0.2, 0.25) is 0 Å². The summed E-state index contributed by atoms with van der Waals surface area (Å²) in [6.07, 6.45) is 1.67. The number of rotatable bonds is 3. The fourth-order valence-electron chi connectivity index (χ4n) is 2.64. The Bertz CT molecular complexity index is 1070. The van der Waals surface area contributed by atoms with Crippen LogP contribution < -0.4 is 11.1 Å². The highest BCUT2D eigenvalue weighted by Crippen LogP contribution is 2.22. The second-order valence-electron chi connectivity index (χ2n) is 5.63. The van der Waals surface area contributed by atoms with Gasteiger partial charge in [-0.25, -0.2) is 4.98 Å². The van der Waals surface area contributed by atoms with Gasteiger partial charge in [-0.15, -0.1) is 12.4 Å². The molecule has 8 heteroatoms. The van der Waals surface area contributed by atoms with Crippen LogP contribution in [0.4, 0.5) is 11.6 Å². The lowest BCUT2D eigenvalue weighted by Gasteiger charge is -2.05. The molecule has 0 unspecified atom stereocenters. The summed E-state index contributed by atoms with van der Waals surface area (Å²) in [7, 11) is 0. The second-order valence-corrected chi connectivity index (χ2v) is 6.06. The summed E-state index contributed by atoms with van der Waals surface area (Å²) in [5, 5.41) is 4.39. The van der Waals surface area contributed by atoms with Crippen molar-refractivity contribution >= 4 is 52.5 Å². The highest BCUT2D eigenvalue weighted by Gasteiger charge is 2.10. The van der Waals surface area contributed by atoms with Crippen molar-refractivity contribution in [1.82, 2.24) is 15.0 Å². The van der Waals surface area contributed by atoms with Crippen molar-refractivity contribution in [3.8, 4) is 11.3 Å². The molecule has 0 aliphatic carbocycles. The first kappa shape index (κ1) is 17.8. The van der Waals surface area contributed by atoms with Crippen molar-refractivity contribution in [3.05, 3.63) is 65.4 Å². The Hall–Kier alpha value is -2.96. The van der Waals surface area contributed by atoms with Crippen LogP contribution in [-0.4, -0.2) is 20.9 Å². The van der Waals surface area contributed by atoms with Crippen LogP contribution >= 0.6 is 24.0 Å². The number of imidazole rings is 1. The third-order valence-corrected chi connectivity index (χ3v) is 4.11. The van der Waals surface area contributed by atoms with Crippen molar-refractivity contribution < 1.29 is 4.79 Å². The van der Waals surface area contributed by atoms with Gasteiger partial charge in [0, 0.05) is 21.6 Å². The van der Waals surface area contributed by atoms with Crippen LogP contribution in [-0.2, 0) is 0 Å². The molecule has 0 aliphatic heterocycles. The zero-order valence-electron chi connectivity index (χ0n) is 13.4. The molecule has 0 saturated heterocycles. The summed E-state index contributed by atoms with van der Waals surface area (Å²) >= 11 is 5.97. The van der Waals surface area contributed by atoms with E-state index in [9.17, 15) is 4.79 Å². The third kappa shape index (κ3) is 3.51. The second kappa shape index (κ2) is 7.11. The Balaban J connectivity index is 0.00000196. The maximum atomic E-state index is 12.4. The van der Waals surface area contributed by atoms with Crippen LogP contribution in [0.5, 0.6) is 0 Å². The normalized spacial score (nSPS) is 10.5. The van der Waals surface area contributed by atoms with E-state index in [2.05, 4.69) is 20.3 Å². The van der Waals surface area contributed by atoms with Gasteiger partial charge in [0.05, 0.1) is 11.9 Å². The van der Waals surface area contributed by atoms with Crippen molar-refractivity contribution in [3.63, 3.8) is 0 Å². The number of aromatic amines is 2. The van der Waals surface area contributed by atoms with E-state index in [1.165, 1.54) is 0 Å². The molecule has 26 heavy (non-hydrogen) atoms. The molecule has 0 saturated carbocycles. The van der Waals surface area contributed by atoms with E-state index in [0.717, 1.165) is 22.2 Å². The average Bonchev–Trinajstić information content (AvgIpc) is 3.21. The van der Waals surface area contributed by atoms with Crippen LogP contribution in [0.1, 0.15) is 10.5 Å². The molecule has 132 valence electrons. The number of hydrogen-bond donors (Lipinski definition) is 4. The lowest BCUT2D eigenvalue weighted by molar-refractivity contribution is 0.102. The molecule has 4 rings (SSSR count). The van der Waals surface area contributed by atoms with Crippen molar-refractivity contribution in [2.45, 2.75) is 0 Å². The van der Waals surface area contributed by atoms with E-state index in [0.29, 0.717) is 22.4 Å². The summed E-state index contributed by atoms with van der Waals surface area (Å²) in [5.74, 6) is 0.150. The standard InChI is InChI=1S/C18H14ClN5O.ClH/c19-12-3-6-14-11(7-12)8-15(23-14)17(25)22-13-4-1-10(2-5-13)16-9-21-18(20)24-16;/h1-9,23H,(H,22,25)(H3,20,21,24);1H. The van der Waals surface area contributed by atoms with E-state index < -0.39 is 0 Å². The minimum atomic E-state index is -0.217. The minimum absolute atomic E-state index is 0. The van der Waals surface area contributed by atoms with Gasteiger partial charge < -0.3 is 21.0 Å². The Morgan fingerprint density at radius 1 is 1.08 bits per heavy atom. The molecule has 1 amide bonds. The van der Waals surface area contributed by atoms with Gasteiger partial charge in [0.1, 0.15) is 5.69 Å². The molecule has 5 N–H and O–H groups in total. The number of nitrogens with zero attached hydrogens (tertiary/aromatic N) is 1. The largest absolute Gasteiger partial charge is 0.369 e. The maximum absolute atomic E-state index is 12.4. The van der Waals surface area contributed by atoms with E-state index in [1.54, 1.807) is 18.3 Å². The Morgan fingerprint density at radius 2 is 1.85 bits per heavy atom. The molecule has 0 atom stereocenters. The van der Waals surface area contributed by atoms with Gasteiger partial charge in [-0.2, -0.15) is 0 Å². The molecule has 0 bridgehead atoms. The molecule has 6 nitrogen and oxygen atoms in total. The fraction of sp³-hybridized carbons (Fsp3) is 0. The number of halogens is 2. The zero-order valence-corrected chi connectivity index (χ0v) is 15.0. The molecule has 4 aromatic rings. The van der Waals surface area contributed by atoms with Crippen molar-refractivity contribution in [1.29, 1.82) is 0 Å². The van der Waals surface area contributed by atoms with Crippen molar-refractivity contribution in [2.75, 3.05) is 11.1 Å². The summed E-state index contributed by atoms with van der Waals surface area (Å²) in [5.41, 5.74) is 9.37. The van der Waals surface area contributed by atoms with Gasteiger partial charge in [-0.3, -0.25) is 4.79 Å². The summed E-state index contributed by atoms with van der Waals surface area (Å²) in [6, 6.07) is 14.6. The predicted octanol–water partition coefficient (Wildman–Crippen LogP) is 4.47. The van der Waals surface area contributed by atoms with Gasteiger partial charge >= 0.3 is 0 Å². The number of amides is 1. The highest BCUT2D eigenvalue weighted by molar-refractivity contribution is 6.31. The summed E-state index contributed by atoms with van der Waals surface area (Å²) in [4.78, 5) is 22.4. The number of carbonyl (C=O) groups excluding carboxylic acids is 1. The van der Waals surface area contributed by atoms with Crippen LogP contribution in [0.2, 0.25) is 5.02 Å². The first-order valence-electron chi connectivity index (χ1n) is 7.59. The van der Waals surface area contributed by atoms with Crippen molar-refractivity contribution in [2.24, 2.45) is 0 Å². The topological polar surface area (TPSA) is 99.6 Å². The van der Waals surface area contributed by atoms with E-state index in [1.807, 2.05) is 36.4 Å². The number of nitrogens with two attached hydrogens (primary N) is 1. The SMILES string of the molecule is Cl.Nc1ncc(-c2ccc(NC(=O)c3cc4cc(Cl)ccc4[nH]3)cc2)[nH]1. The molecule has 0 spiro atoms. The minimum Gasteiger partial charge on any atom is -0.369 e. The lowest BCUT2D eigenvalue weighted by Crippen LogP contribution is -2.12. The Morgan fingerprint density at radius 3 is 2.54 bits per heavy atom. The van der Waals surface area contributed by atoms with Gasteiger partial charge in [0.15, 0.2) is 5.95 Å². The highest BCUT2D eigenvalue weighted by atomic mass is 35.5. The molecule has 0 fully saturated rings. The third-order valence-electron chi connectivity index (χ3n) is 3.88. The number of nitrogen functional groups attached to an aromatic ring is 1. The molecular weight excluding hydrogens is 373 g/mol. The molecule has 2 aromatic heterocycles. The van der Waals surface area contributed by atoms with E-state index in [-0.39, 0.29) is 18.3 Å². The average molecular weight is 388 g/mol. The molecule has 2 heterocycles. The fourth-order valence-corrected chi connectivity index (χ4v) is 2.82. The van der Waals surface area contributed by atoms with Gasteiger partial charge in [-0.1, -0.05) is 23.7 Å². The number of anilines is 2.